The van der Waals surface area contributed by atoms with Crippen LogP contribution in [0, 0.1) is 0 Å². The molecule has 0 aliphatic heterocycles. The first-order valence-corrected chi connectivity index (χ1v) is 37.0. The standard InChI is InChI=1S/C68H126N16O20/c1-8-21-40(72)56(91)73-49(31-34-53(85)86)65(100)76-41(22-9-2)57(92)79-46(28-15-18-37-69)62(97)74-44(25-12-5)60(95)82-50(32-35-54(87)88)66(101)77-42(23-10-3)58(93)80-47(29-16-19-38-70)63(98)75-45(26-13-6)61(96)83-51(33-36-55(89)90)67(102)78-43(24-11-4)59(94)81-48(30-17-20-39-71)64(99)84-52(27-14-7)68(103)104/h40-54,85-88H,8-39,69-72H2,1-7H3,(H,73,91)(H,74,97)(H,75,98)(H,76,100)(H,77,101)(H,78,102)(H,79,92)(H,80,93)(H,81,94)(H,82,95)(H,83,96)(H,84,99)(H,89,90)(H,103,104)/t40-,41-,42-,43-,44-,45-,46-,47-,48-,49-,50-,51-,52-/m0/s1. The van der Waals surface area contributed by atoms with Crippen LogP contribution in [0.2, 0.25) is 0 Å². The topological polar surface area (TPSA) is 609 Å². The molecule has 0 aliphatic rings. The van der Waals surface area contributed by atoms with Crippen LogP contribution >= 0.6 is 0 Å². The van der Waals surface area contributed by atoms with Gasteiger partial charge in [0.25, 0.3) is 0 Å². The Kier molecular flexibility index (Phi) is 51.6. The molecular weight excluding hydrogens is 1360 g/mol. The molecule has 36 nitrogen and oxygen atoms in total. The van der Waals surface area contributed by atoms with Crippen LogP contribution in [-0.2, 0) is 67.1 Å². The third kappa shape index (κ3) is 39.9. The SMILES string of the molecule is CCC[C@H](NC(=O)[C@H](CCCCN)NC(=O)[C@H](CCC)NC(=O)[C@H](CCC(=O)O)NC(=O)[C@H](CCC)NC(=O)[C@H](CCCCN)NC(=O)[C@H](CCC)NC(=O)[C@H](CCC(O)O)NC(=O)[C@H](CCC)NC(=O)[C@H](CCCCN)NC(=O)[C@H](CCC)NC(=O)[C@H](CCC(O)O)NC(=O)[C@@H](N)CCC)C(=O)O. The first-order valence-electron chi connectivity index (χ1n) is 37.0. The van der Waals surface area contributed by atoms with Gasteiger partial charge in [0.05, 0.1) is 6.04 Å². The van der Waals surface area contributed by atoms with E-state index in [0.29, 0.717) is 64.2 Å². The molecule has 0 aromatic heterocycles. The first-order chi connectivity index (χ1) is 49.4. The van der Waals surface area contributed by atoms with Crippen LogP contribution in [0.4, 0.5) is 0 Å². The molecule has 0 radical (unpaired) electrons. The highest BCUT2D eigenvalue weighted by Crippen LogP contribution is 2.14. The highest BCUT2D eigenvalue weighted by molar-refractivity contribution is 6.00. The molecular formula is C68H126N16O20. The highest BCUT2D eigenvalue weighted by atomic mass is 16.5. The summed E-state index contributed by atoms with van der Waals surface area (Å²) in [7, 11) is 0. The van der Waals surface area contributed by atoms with Gasteiger partial charge < -0.3 is 117 Å². The van der Waals surface area contributed by atoms with Crippen molar-refractivity contribution in [2.24, 2.45) is 22.9 Å². The molecule has 26 N–H and O–H groups in total. The Morgan fingerprint density at radius 3 is 0.644 bits per heavy atom. The molecule has 12 amide bonds. The number of carboxylic acid groups (broad SMARTS) is 2. The third-order valence-corrected chi connectivity index (χ3v) is 16.9. The van der Waals surface area contributed by atoms with Crippen LogP contribution in [0.1, 0.15) is 235 Å². The number of nitrogens with one attached hydrogen (secondary N) is 12. The van der Waals surface area contributed by atoms with Crippen molar-refractivity contribution in [2.45, 2.75) is 326 Å². The van der Waals surface area contributed by atoms with Gasteiger partial charge >= 0.3 is 11.9 Å². The highest BCUT2D eigenvalue weighted by Gasteiger charge is 2.37. The van der Waals surface area contributed by atoms with Gasteiger partial charge in [0.2, 0.25) is 70.9 Å². The van der Waals surface area contributed by atoms with Crippen molar-refractivity contribution in [3.05, 3.63) is 0 Å². The molecule has 0 spiro atoms. The van der Waals surface area contributed by atoms with E-state index in [2.05, 4.69) is 63.8 Å². The number of carboxylic acids is 2. The summed E-state index contributed by atoms with van der Waals surface area (Å²) in [5.74, 6) is -13.0. The van der Waals surface area contributed by atoms with Crippen molar-refractivity contribution in [1.82, 2.24) is 63.8 Å². The quantitative estimate of drug-likeness (QED) is 0.0217. The molecule has 104 heavy (non-hydrogen) atoms. The number of hydrogen-bond donors (Lipinski definition) is 22. The van der Waals surface area contributed by atoms with Crippen LogP contribution in [0.5, 0.6) is 0 Å². The summed E-state index contributed by atoms with van der Waals surface area (Å²) < 4.78 is 0. The van der Waals surface area contributed by atoms with Crippen molar-refractivity contribution >= 4 is 82.8 Å². The Bertz CT molecular complexity index is 2640. The van der Waals surface area contributed by atoms with Gasteiger partial charge in [-0.15, -0.1) is 0 Å². The van der Waals surface area contributed by atoms with Crippen LogP contribution in [0.3, 0.4) is 0 Å². The molecule has 0 unspecified atom stereocenters. The lowest BCUT2D eigenvalue weighted by atomic mass is 10.0. The van der Waals surface area contributed by atoms with Crippen molar-refractivity contribution < 1.29 is 97.8 Å². The number of carbonyl (C=O) groups excluding carboxylic acids is 12. The second-order valence-corrected chi connectivity index (χ2v) is 26.1. The fourth-order valence-electron chi connectivity index (χ4n) is 11.0. The smallest absolute Gasteiger partial charge is 0.326 e. The van der Waals surface area contributed by atoms with Crippen molar-refractivity contribution in [3.63, 3.8) is 0 Å². The molecule has 13 atom stereocenters. The van der Waals surface area contributed by atoms with E-state index >= 15 is 0 Å². The predicted molar refractivity (Wildman–Crippen MR) is 384 cm³/mol. The number of hydrogen-bond acceptors (Lipinski definition) is 22. The van der Waals surface area contributed by atoms with Gasteiger partial charge in [-0.05, 0) is 142 Å². The van der Waals surface area contributed by atoms with Crippen LogP contribution in [0.25, 0.3) is 0 Å². The van der Waals surface area contributed by atoms with Crippen molar-refractivity contribution in [1.29, 1.82) is 0 Å². The fourth-order valence-corrected chi connectivity index (χ4v) is 11.0. The fraction of sp³-hybridized carbons (Fsp3) is 0.794. The van der Waals surface area contributed by atoms with Gasteiger partial charge in [-0.3, -0.25) is 62.3 Å². The monoisotopic (exact) mass is 1490 g/mol. The van der Waals surface area contributed by atoms with E-state index in [4.69, 9.17) is 22.9 Å². The Morgan fingerprint density at radius 1 is 0.250 bits per heavy atom. The van der Waals surface area contributed by atoms with Crippen LogP contribution in [-0.4, -0.2) is 224 Å². The first kappa shape index (κ1) is 96.3. The van der Waals surface area contributed by atoms with E-state index in [9.17, 15) is 97.8 Å². The summed E-state index contributed by atoms with van der Waals surface area (Å²) >= 11 is 0. The largest absolute Gasteiger partial charge is 0.481 e. The van der Waals surface area contributed by atoms with Gasteiger partial charge in [-0.25, -0.2) is 4.79 Å². The van der Waals surface area contributed by atoms with E-state index < -0.39 is 200 Å². The van der Waals surface area contributed by atoms with E-state index in [1.807, 2.05) is 0 Å². The van der Waals surface area contributed by atoms with Gasteiger partial charge in [-0.1, -0.05) is 93.4 Å². The maximum absolute atomic E-state index is 14.4. The minimum atomic E-state index is -1.98. The molecule has 36 heteroatoms. The zero-order chi connectivity index (χ0) is 78.9. The van der Waals surface area contributed by atoms with E-state index in [1.54, 1.807) is 48.5 Å². The summed E-state index contributed by atoms with van der Waals surface area (Å²) in [6.45, 7) is 12.7. The molecule has 0 aromatic rings. The number of nitrogens with two attached hydrogens (primary N) is 4. The third-order valence-electron chi connectivity index (χ3n) is 16.9. The van der Waals surface area contributed by atoms with Crippen LogP contribution < -0.4 is 86.7 Å². The molecule has 0 fully saturated rings. The molecule has 0 saturated heterocycles. The summed E-state index contributed by atoms with van der Waals surface area (Å²) in [5, 5.41) is 89.5. The minimum Gasteiger partial charge on any atom is -0.481 e. The summed E-state index contributed by atoms with van der Waals surface area (Å²) in [6.07, 6.45) is -1.43. The summed E-state index contributed by atoms with van der Waals surface area (Å²) in [4.78, 5) is 192. The number of aliphatic carboxylic acids is 2. The number of aliphatic hydroxyl groups excluding tert-OH is 2. The summed E-state index contributed by atoms with van der Waals surface area (Å²) in [5.41, 5.74) is 23.2. The average Bonchev–Trinajstić information content (AvgIpc) is 0.862. The molecule has 0 heterocycles. The van der Waals surface area contributed by atoms with Gasteiger partial charge in [0.15, 0.2) is 12.6 Å². The zero-order valence-electron chi connectivity index (χ0n) is 62.0. The Balaban J connectivity index is 6.99. The van der Waals surface area contributed by atoms with Crippen molar-refractivity contribution in [3.8, 4) is 0 Å². The van der Waals surface area contributed by atoms with Gasteiger partial charge in [-0.2, -0.15) is 0 Å². The lowest BCUT2D eigenvalue weighted by Gasteiger charge is -2.28. The van der Waals surface area contributed by atoms with Crippen molar-refractivity contribution in [2.75, 3.05) is 19.6 Å². The lowest BCUT2D eigenvalue weighted by Crippen LogP contribution is -2.61. The second-order valence-electron chi connectivity index (χ2n) is 26.1. The Labute approximate surface area is 610 Å². The van der Waals surface area contributed by atoms with E-state index in [-0.39, 0.29) is 116 Å². The predicted octanol–water partition coefficient (Wildman–Crippen LogP) is -2.75. The molecule has 0 bridgehead atoms. The van der Waals surface area contributed by atoms with Gasteiger partial charge in [0, 0.05) is 19.3 Å². The second kappa shape index (κ2) is 55.7. The average molecular weight is 1490 g/mol. The number of carbonyl (C=O) groups is 14. The normalized spacial score (nSPS) is 15.0. The van der Waals surface area contributed by atoms with E-state index in [0.717, 1.165) is 0 Å². The Morgan fingerprint density at radius 2 is 0.442 bits per heavy atom. The molecule has 0 aliphatic carbocycles. The molecule has 0 saturated carbocycles. The number of amides is 12. The van der Waals surface area contributed by atoms with Crippen LogP contribution in [0.15, 0.2) is 0 Å². The number of aliphatic hydroxyl groups is 4. The molecule has 598 valence electrons. The minimum absolute atomic E-state index is 0.000455. The van der Waals surface area contributed by atoms with E-state index in [1.165, 1.54) is 0 Å². The zero-order valence-corrected chi connectivity index (χ0v) is 62.0. The maximum atomic E-state index is 14.4. The number of unbranched alkanes of at least 4 members (excludes halogenated alkanes) is 3. The Hall–Kier alpha value is -7.74. The molecule has 0 aromatic carbocycles. The van der Waals surface area contributed by atoms with Gasteiger partial charge in [0.1, 0.15) is 72.5 Å². The lowest BCUT2D eigenvalue weighted by molar-refractivity contribution is -0.142. The maximum Gasteiger partial charge on any atom is 0.326 e. The summed E-state index contributed by atoms with van der Waals surface area (Å²) in [6, 6.07) is -17.6. The number of rotatable bonds is 60. The molecule has 0 rings (SSSR count).